The molecule has 0 aliphatic heterocycles. The van der Waals surface area contributed by atoms with Gasteiger partial charge in [0.1, 0.15) is 5.69 Å². The molecular formula is C10H9N5O4S. The highest BCUT2D eigenvalue weighted by atomic mass is 32.2. The molecule has 1 aromatic carbocycles. The molecule has 0 unspecified atom stereocenters. The van der Waals surface area contributed by atoms with Gasteiger partial charge in [0.2, 0.25) is 0 Å². The Morgan fingerprint density at radius 1 is 1.30 bits per heavy atom. The lowest BCUT2D eigenvalue weighted by atomic mass is 10.3. The summed E-state index contributed by atoms with van der Waals surface area (Å²) in [5.41, 5.74) is 4.53. The molecule has 9 nitrogen and oxygen atoms in total. The van der Waals surface area contributed by atoms with Gasteiger partial charge >= 0.3 is 5.69 Å². The number of nitrogen functional groups attached to an aromatic ring is 1. The lowest BCUT2D eigenvalue weighted by molar-refractivity contribution is -0.386. The number of hydrogen-bond acceptors (Lipinski definition) is 7. The number of para-hydroxylation sites is 1. The summed E-state index contributed by atoms with van der Waals surface area (Å²) < 4.78 is 26.4. The number of nitrogens with one attached hydrogen (secondary N) is 1. The average Bonchev–Trinajstić information content (AvgIpc) is 2.38. The summed E-state index contributed by atoms with van der Waals surface area (Å²) in [7, 11) is -4.19. The molecule has 2 aromatic rings. The molecule has 10 heteroatoms. The highest BCUT2D eigenvalue weighted by molar-refractivity contribution is 7.92. The van der Waals surface area contributed by atoms with Gasteiger partial charge in [-0.1, -0.05) is 6.07 Å². The predicted molar refractivity (Wildman–Crippen MR) is 70.3 cm³/mol. The van der Waals surface area contributed by atoms with Crippen molar-refractivity contribution < 1.29 is 13.3 Å². The van der Waals surface area contributed by atoms with Crippen LogP contribution in [0.15, 0.2) is 41.7 Å². The zero-order valence-electron chi connectivity index (χ0n) is 9.92. The van der Waals surface area contributed by atoms with Gasteiger partial charge in [-0.2, -0.15) is 0 Å². The first kappa shape index (κ1) is 13.7. The normalized spacial score (nSPS) is 11.0. The van der Waals surface area contributed by atoms with Gasteiger partial charge in [-0.25, -0.2) is 13.4 Å². The van der Waals surface area contributed by atoms with Gasteiger partial charge in [-0.05, 0) is 12.1 Å². The number of nitro benzene ring substituents is 1. The SMILES string of the molecule is Nc1cccc(S(=O)(=O)Nc2cnccn2)c1[N+](=O)[O-]. The monoisotopic (exact) mass is 295 g/mol. The van der Waals surface area contributed by atoms with Crippen LogP contribution in [0.25, 0.3) is 0 Å². The van der Waals surface area contributed by atoms with Crippen molar-refractivity contribution in [2.45, 2.75) is 4.90 Å². The lowest BCUT2D eigenvalue weighted by Gasteiger charge is -2.08. The molecule has 0 bridgehead atoms. The fraction of sp³-hybridized carbons (Fsp3) is 0. The van der Waals surface area contributed by atoms with Gasteiger partial charge in [0.15, 0.2) is 10.7 Å². The topological polar surface area (TPSA) is 141 Å². The first-order valence-corrected chi connectivity index (χ1v) is 6.72. The van der Waals surface area contributed by atoms with Crippen molar-refractivity contribution in [1.82, 2.24) is 9.97 Å². The second kappa shape index (κ2) is 5.09. The second-order valence-corrected chi connectivity index (χ2v) is 5.30. The summed E-state index contributed by atoms with van der Waals surface area (Å²) >= 11 is 0. The van der Waals surface area contributed by atoms with Gasteiger partial charge in [0.05, 0.1) is 11.1 Å². The molecule has 104 valence electrons. The smallest absolute Gasteiger partial charge is 0.312 e. The van der Waals surface area contributed by atoms with E-state index >= 15 is 0 Å². The van der Waals surface area contributed by atoms with E-state index in [9.17, 15) is 18.5 Å². The molecule has 0 amide bonds. The van der Waals surface area contributed by atoms with E-state index in [1.165, 1.54) is 30.7 Å². The predicted octanol–water partition coefficient (Wildman–Crippen LogP) is 0.768. The highest BCUT2D eigenvalue weighted by Gasteiger charge is 2.28. The molecule has 20 heavy (non-hydrogen) atoms. The summed E-state index contributed by atoms with van der Waals surface area (Å²) in [6.45, 7) is 0. The largest absolute Gasteiger partial charge is 0.393 e. The zero-order valence-corrected chi connectivity index (χ0v) is 10.7. The van der Waals surface area contributed by atoms with E-state index in [0.717, 1.165) is 6.07 Å². The van der Waals surface area contributed by atoms with Gasteiger partial charge < -0.3 is 5.73 Å². The van der Waals surface area contributed by atoms with E-state index in [1.807, 2.05) is 0 Å². The van der Waals surface area contributed by atoms with E-state index in [-0.39, 0.29) is 11.5 Å². The van der Waals surface area contributed by atoms with Crippen LogP contribution >= 0.6 is 0 Å². The molecule has 0 saturated heterocycles. The average molecular weight is 295 g/mol. The van der Waals surface area contributed by atoms with E-state index in [0.29, 0.717) is 0 Å². The van der Waals surface area contributed by atoms with Crippen LogP contribution in [-0.2, 0) is 10.0 Å². The molecule has 0 atom stereocenters. The molecule has 3 N–H and O–H groups in total. The maximum absolute atomic E-state index is 12.1. The number of nitrogens with zero attached hydrogens (tertiary/aromatic N) is 3. The second-order valence-electron chi connectivity index (χ2n) is 3.65. The Bertz CT molecular complexity index is 747. The van der Waals surface area contributed by atoms with E-state index < -0.39 is 25.5 Å². The van der Waals surface area contributed by atoms with E-state index in [4.69, 9.17) is 5.73 Å². The number of benzene rings is 1. The third-order valence-electron chi connectivity index (χ3n) is 2.30. The van der Waals surface area contributed by atoms with Crippen LogP contribution in [0.3, 0.4) is 0 Å². The fourth-order valence-electron chi connectivity index (χ4n) is 1.50. The summed E-state index contributed by atoms with van der Waals surface area (Å²) in [6, 6.07) is 3.65. The van der Waals surface area contributed by atoms with Crippen LogP contribution in [0.2, 0.25) is 0 Å². The summed E-state index contributed by atoms with van der Waals surface area (Å²) in [5.74, 6) is -0.0516. The van der Waals surface area contributed by atoms with Crippen LogP contribution in [0, 0.1) is 10.1 Å². The highest BCUT2D eigenvalue weighted by Crippen LogP contribution is 2.30. The van der Waals surface area contributed by atoms with Crippen molar-refractivity contribution in [2.24, 2.45) is 0 Å². The number of nitro groups is 1. The number of rotatable bonds is 4. The molecule has 0 aliphatic carbocycles. The maximum Gasteiger partial charge on any atom is 0.312 e. The summed E-state index contributed by atoms with van der Waals surface area (Å²) in [6.07, 6.45) is 3.82. The third-order valence-corrected chi connectivity index (χ3v) is 3.69. The lowest BCUT2D eigenvalue weighted by Crippen LogP contribution is -2.16. The maximum atomic E-state index is 12.1. The number of nitrogens with two attached hydrogens (primary N) is 1. The van der Waals surface area contributed by atoms with Crippen LogP contribution in [0.1, 0.15) is 0 Å². The Morgan fingerprint density at radius 3 is 2.65 bits per heavy atom. The van der Waals surface area contributed by atoms with Crippen molar-refractivity contribution in [3.05, 3.63) is 46.9 Å². The van der Waals surface area contributed by atoms with Crippen LogP contribution < -0.4 is 10.5 Å². The third kappa shape index (κ3) is 2.64. The first-order chi connectivity index (χ1) is 9.42. The minimum atomic E-state index is -4.19. The summed E-state index contributed by atoms with van der Waals surface area (Å²) in [4.78, 5) is 17.0. The van der Waals surface area contributed by atoms with E-state index in [1.54, 1.807) is 0 Å². The summed E-state index contributed by atoms with van der Waals surface area (Å²) in [5, 5.41) is 10.9. The van der Waals surface area contributed by atoms with E-state index in [2.05, 4.69) is 14.7 Å². The molecule has 0 aliphatic rings. The Labute approximate surface area is 113 Å². The van der Waals surface area contributed by atoms with Crippen LogP contribution in [0.4, 0.5) is 17.2 Å². The van der Waals surface area contributed by atoms with Gasteiger partial charge in [-0.3, -0.25) is 19.8 Å². The zero-order chi connectivity index (χ0) is 14.8. The van der Waals surface area contributed by atoms with Gasteiger partial charge in [0.25, 0.3) is 10.0 Å². The van der Waals surface area contributed by atoms with Gasteiger partial charge in [0, 0.05) is 12.4 Å². The number of aromatic nitrogens is 2. The molecule has 0 fully saturated rings. The Kier molecular flexibility index (Phi) is 3.48. The first-order valence-electron chi connectivity index (χ1n) is 5.23. The number of anilines is 2. The van der Waals surface area contributed by atoms with Crippen molar-refractivity contribution in [3.63, 3.8) is 0 Å². The Hall–Kier alpha value is -2.75. The molecule has 2 rings (SSSR count). The van der Waals surface area contributed by atoms with Crippen molar-refractivity contribution >= 4 is 27.2 Å². The Morgan fingerprint density at radius 2 is 2.05 bits per heavy atom. The molecule has 1 heterocycles. The fourth-order valence-corrected chi connectivity index (χ4v) is 2.69. The minimum Gasteiger partial charge on any atom is -0.393 e. The quantitative estimate of drug-likeness (QED) is 0.482. The minimum absolute atomic E-state index is 0.0516. The van der Waals surface area contributed by atoms with Crippen molar-refractivity contribution in [1.29, 1.82) is 0 Å². The number of sulfonamides is 1. The molecule has 1 aromatic heterocycles. The molecular weight excluding hydrogens is 286 g/mol. The van der Waals surface area contributed by atoms with Crippen LogP contribution in [-0.4, -0.2) is 23.3 Å². The van der Waals surface area contributed by atoms with Crippen molar-refractivity contribution in [3.8, 4) is 0 Å². The standard InChI is InChI=1S/C10H9N5O4S/c11-7-2-1-3-8(10(7)15(16)17)20(18,19)14-9-6-12-4-5-13-9/h1-6H,11H2,(H,13,14). The molecule has 0 saturated carbocycles. The Balaban J connectivity index is 2.50. The van der Waals surface area contributed by atoms with Crippen LogP contribution in [0.5, 0.6) is 0 Å². The van der Waals surface area contributed by atoms with Crippen molar-refractivity contribution in [2.75, 3.05) is 10.5 Å². The number of hydrogen-bond donors (Lipinski definition) is 2. The van der Waals surface area contributed by atoms with Gasteiger partial charge in [-0.15, -0.1) is 0 Å². The molecule has 0 radical (unpaired) electrons. The molecule has 0 spiro atoms.